The van der Waals surface area contributed by atoms with Gasteiger partial charge in [0.2, 0.25) is 0 Å². The lowest BCUT2D eigenvalue weighted by atomic mass is 9.81. The number of rotatable bonds is 8. The first-order valence-corrected chi connectivity index (χ1v) is 10.4. The number of hydrogen-bond acceptors (Lipinski definition) is 4. The van der Waals surface area contributed by atoms with Gasteiger partial charge < -0.3 is 9.47 Å². The van der Waals surface area contributed by atoms with Gasteiger partial charge in [-0.3, -0.25) is 9.59 Å². The van der Waals surface area contributed by atoms with Crippen LogP contribution < -0.4 is 0 Å². The number of carbonyl (C=O) groups is 2. The van der Waals surface area contributed by atoms with Gasteiger partial charge in [0.15, 0.2) is 0 Å². The van der Waals surface area contributed by atoms with Crippen LogP contribution in [0.5, 0.6) is 0 Å². The summed E-state index contributed by atoms with van der Waals surface area (Å²) in [6, 6.07) is 8.95. The summed E-state index contributed by atoms with van der Waals surface area (Å²) in [5, 5.41) is 0. The molecule has 2 fully saturated rings. The Morgan fingerprint density at radius 2 is 1.77 bits per heavy atom. The highest BCUT2D eigenvalue weighted by atomic mass is 19.4. The number of benzene rings is 1. The van der Waals surface area contributed by atoms with E-state index in [1.165, 1.54) is 0 Å². The molecule has 166 valence electrons. The number of halogens is 3. The first-order valence-electron chi connectivity index (χ1n) is 10.4. The Hall–Kier alpha value is -2.05. The normalized spacial score (nSPS) is 24.8. The third-order valence-corrected chi connectivity index (χ3v) is 5.80. The molecule has 0 N–H and O–H groups in total. The van der Waals surface area contributed by atoms with Gasteiger partial charge in [0.1, 0.15) is 12.2 Å². The lowest BCUT2D eigenvalue weighted by molar-refractivity contribution is -0.174. The van der Waals surface area contributed by atoms with Crippen molar-refractivity contribution in [3.05, 3.63) is 35.9 Å². The minimum Gasteiger partial charge on any atom is -0.460 e. The molecule has 0 amide bonds. The molecule has 0 saturated heterocycles. The van der Waals surface area contributed by atoms with Gasteiger partial charge in [-0.25, -0.2) is 0 Å². The minimum atomic E-state index is -4.41. The maximum Gasteiger partial charge on any atom is 0.389 e. The fraction of sp³-hybridized carbons (Fsp3) is 0.652. The van der Waals surface area contributed by atoms with Gasteiger partial charge in [0.05, 0.1) is 11.3 Å². The molecule has 0 bridgehead atoms. The molecule has 3 atom stereocenters. The molecule has 1 aromatic carbocycles. The van der Waals surface area contributed by atoms with Crippen LogP contribution in [-0.4, -0.2) is 23.7 Å². The summed E-state index contributed by atoms with van der Waals surface area (Å²) in [4.78, 5) is 26.1. The van der Waals surface area contributed by atoms with E-state index in [2.05, 4.69) is 0 Å². The van der Waals surface area contributed by atoms with E-state index in [9.17, 15) is 22.8 Å². The van der Waals surface area contributed by atoms with Crippen LogP contribution in [-0.2, 0) is 25.7 Å². The number of ether oxygens (including phenoxy) is 2. The molecular weight excluding hydrogens is 397 g/mol. The van der Waals surface area contributed by atoms with Crippen molar-refractivity contribution in [2.45, 2.75) is 71.3 Å². The predicted molar refractivity (Wildman–Crippen MR) is 104 cm³/mol. The first kappa shape index (κ1) is 22.6. The third-order valence-electron chi connectivity index (χ3n) is 5.80. The van der Waals surface area contributed by atoms with Crippen molar-refractivity contribution in [2.75, 3.05) is 0 Å². The SMILES string of the molecule is CC(C)(C)OC(=O)C(CC1CC1)C1(C(=O)OCc2ccccc2)C[C@H]1CC(F)(F)F. The van der Waals surface area contributed by atoms with Crippen molar-refractivity contribution >= 4 is 11.9 Å². The fourth-order valence-corrected chi connectivity index (χ4v) is 4.14. The van der Waals surface area contributed by atoms with E-state index in [0.29, 0.717) is 6.42 Å². The summed E-state index contributed by atoms with van der Waals surface area (Å²) in [5.41, 5.74) is -1.51. The summed E-state index contributed by atoms with van der Waals surface area (Å²) in [6.07, 6.45) is -3.32. The van der Waals surface area contributed by atoms with Crippen LogP contribution in [0, 0.1) is 23.2 Å². The van der Waals surface area contributed by atoms with E-state index in [1.54, 1.807) is 45.0 Å². The molecule has 0 aromatic heterocycles. The van der Waals surface area contributed by atoms with E-state index >= 15 is 0 Å². The molecule has 3 rings (SSSR count). The van der Waals surface area contributed by atoms with Crippen molar-refractivity contribution < 1.29 is 32.2 Å². The van der Waals surface area contributed by atoms with Crippen LogP contribution in [0.15, 0.2) is 30.3 Å². The van der Waals surface area contributed by atoms with E-state index in [-0.39, 0.29) is 18.9 Å². The molecular formula is C23H29F3O4. The lowest BCUT2D eigenvalue weighted by Crippen LogP contribution is -2.39. The summed E-state index contributed by atoms with van der Waals surface area (Å²) in [7, 11) is 0. The van der Waals surface area contributed by atoms with Gasteiger partial charge in [-0.1, -0.05) is 43.2 Å². The second-order valence-electron chi connectivity index (χ2n) is 9.59. The van der Waals surface area contributed by atoms with Gasteiger partial charge in [-0.15, -0.1) is 0 Å². The Balaban J connectivity index is 1.83. The monoisotopic (exact) mass is 426 g/mol. The van der Waals surface area contributed by atoms with Crippen LogP contribution >= 0.6 is 0 Å². The minimum absolute atomic E-state index is 0.00321. The third kappa shape index (κ3) is 5.76. The standard InChI is InChI=1S/C23H29F3O4/c1-21(2,3)30-19(27)18(11-15-9-10-15)22(12-17(22)13-23(24,25)26)20(28)29-14-16-7-5-4-6-8-16/h4-8,15,17-18H,9-14H2,1-3H3/t17-,18?,22?/m0/s1. The highest BCUT2D eigenvalue weighted by molar-refractivity contribution is 5.88. The van der Waals surface area contributed by atoms with Crippen molar-refractivity contribution in [2.24, 2.45) is 23.2 Å². The molecule has 0 heterocycles. The quantitative estimate of drug-likeness (QED) is 0.519. The Labute approximate surface area is 175 Å². The van der Waals surface area contributed by atoms with Gasteiger partial charge in [-0.05, 0) is 51.0 Å². The zero-order valence-corrected chi connectivity index (χ0v) is 17.6. The van der Waals surface area contributed by atoms with Gasteiger partial charge in [0, 0.05) is 6.42 Å². The van der Waals surface area contributed by atoms with Crippen LogP contribution in [0.1, 0.15) is 58.4 Å². The number of alkyl halides is 3. The lowest BCUT2D eigenvalue weighted by Gasteiger charge is -2.29. The Morgan fingerprint density at radius 1 is 1.13 bits per heavy atom. The molecule has 2 aliphatic rings. The van der Waals surface area contributed by atoms with E-state index in [1.807, 2.05) is 6.07 Å². The highest BCUT2D eigenvalue weighted by Gasteiger charge is 2.69. The summed E-state index contributed by atoms with van der Waals surface area (Å²) >= 11 is 0. The van der Waals surface area contributed by atoms with Crippen molar-refractivity contribution in [3.63, 3.8) is 0 Å². The smallest absolute Gasteiger partial charge is 0.389 e. The second-order valence-corrected chi connectivity index (χ2v) is 9.59. The topological polar surface area (TPSA) is 52.6 Å². The van der Waals surface area contributed by atoms with Gasteiger partial charge in [0.25, 0.3) is 0 Å². The maximum absolute atomic E-state index is 13.1. The fourth-order valence-electron chi connectivity index (χ4n) is 4.14. The van der Waals surface area contributed by atoms with Crippen molar-refractivity contribution in [1.29, 1.82) is 0 Å². The molecule has 0 aliphatic heterocycles. The molecule has 2 saturated carbocycles. The Bertz CT molecular complexity index is 765. The molecule has 0 spiro atoms. The van der Waals surface area contributed by atoms with Crippen molar-refractivity contribution in [3.8, 4) is 0 Å². The molecule has 2 unspecified atom stereocenters. The van der Waals surface area contributed by atoms with Crippen LogP contribution in [0.2, 0.25) is 0 Å². The molecule has 0 radical (unpaired) electrons. The molecule has 4 nitrogen and oxygen atoms in total. The summed E-state index contributed by atoms with van der Waals surface area (Å²) in [5.74, 6) is -2.96. The van der Waals surface area contributed by atoms with Crippen LogP contribution in [0.25, 0.3) is 0 Å². The first-order chi connectivity index (χ1) is 13.9. The second kappa shape index (κ2) is 8.23. The number of hydrogen-bond donors (Lipinski definition) is 0. The number of esters is 2. The Morgan fingerprint density at radius 3 is 2.30 bits per heavy atom. The largest absolute Gasteiger partial charge is 0.460 e. The molecule has 2 aliphatic carbocycles. The average Bonchev–Trinajstić information content (AvgIpc) is 3.52. The van der Waals surface area contributed by atoms with Crippen LogP contribution in [0.3, 0.4) is 0 Å². The summed E-state index contributed by atoms with van der Waals surface area (Å²) in [6.45, 7) is 5.09. The highest BCUT2D eigenvalue weighted by Crippen LogP contribution is 2.64. The number of carbonyl (C=O) groups excluding carboxylic acids is 2. The van der Waals surface area contributed by atoms with E-state index in [4.69, 9.17) is 9.47 Å². The predicted octanol–water partition coefficient (Wildman–Crippen LogP) is 5.45. The molecule has 7 heteroatoms. The maximum atomic E-state index is 13.1. The van der Waals surface area contributed by atoms with E-state index < -0.39 is 47.4 Å². The zero-order valence-electron chi connectivity index (χ0n) is 17.6. The van der Waals surface area contributed by atoms with Gasteiger partial charge >= 0.3 is 18.1 Å². The van der Waals surface area contributed by atoms with E-state index in [0.717, 1.165) is 18.4 Å². The van der Waals surface area contributed by atoms with Gasteiger partial charge in [-0.2, -0.15) is 13.2 Å². The Kier molecular flexibility index (Phi) is 6.21. The average molecular weight is 426 g/mol. The van der Waals surface area contributed by atoms with Crippen LogP contribution in [0.4, 0.5) is 13.2 Å². The molecule has 1 aromatic rings. The molecule has 30 heavy (non-hydrogen) atoms. The van der Waals surface area contributed by atoms with Crippen molar-refractivity contribution in [1.82, 2.24) is 0 Å². The summed E-state index contributed by atoms with van der Waals surface area (Å²) < 4.78 is 50.4. The zero-order chi connectivity index (χ0) is 22.2.